The predicted octanol–water partition coefficient (Wildman–Crippen LogP) is 4.75. The van der Waals surface area contributed by atoms with Crippen molar-refractivity contribution < 1.29 is 39.2 Å². The van der Waals surface area contributed by atoms with Crippen LogP contribution in [0.1, 0.15) is 118 Å². The minimum atomic E-state index is -1.16. The van der Waals surface area contributed by atoms with E-state index in [1.807, 2.05) is 26.0 Å². The third-order valence-electron chi connectivity index (χ3n) is 8.26. The van der Waals surface area contributed by atoms with Crippen molar-refractivity contribution in [1.82, 2.24) is 5.32 Å². The average molecular weight is 608 g/mol. The number of allylic oxidation sites excluding steroid dienone is 4. The lowest BCUT2D eigenvalue weighted by molar-refractivity contribution is -0.160. The molecule has 1 rings (SSSR count). The van der Waals surface area contributed by atoms with Crippen molar-refractivity contribution in [3.05, 3.63) is 23.8 Å². The van der Waals surface area contributed by atoms with Crippen molar-refractivity contribution in [2.75, 3.05) is 6.54 Å². The van der Waals surface area contributed by atoms with Crippen molar-refractivity contribution in [2.24, 2.45) is 17.8 Å². The fraction of sp³-hybridized carbons (Fsp3) is 0.765. The van der Waals surface area contributed by atoms with Crippen molar-refractivity contribution in [1.29, 1.82) is 0 Å². The monoisotopic (exact) mass is 607 g/mol. The van der Waals surface area contributed by atoms with E-state index in [1.54, 1.807) is 13.8 Å². The van der Waals surface area contributed by atoms with Gasteiger partial charge in [0.15, 0.2) is 6.10 Å². The van der Waals surface area contributed by atoms with Crippen LogP contribution in [0.5, 0.6) is 0 Å². The number of Topliss-reactive ketones (excluding diaryl/α,β-unsaturated/α-hetero) is 2. The number of ketones is 2. The van der Waals surface area contributed by atoms with Gasteiger partial charge in [0.05, 0.1) is 24.2 Å². The number of aliphatic hydroxyl groups excluding tert-OH is 3. The summed E-state index contributed by atoms with van der Waals surface area (Å²) in [5, 5.41) is 33.8. The van der Waals surface area contributed by atoms with Crippen molar-refractivity contribution >= 4 is 23.4 Å². The van der Waals surface area contributed by atoms with Crippen LogP contribution < -0.4 is 5.32 Å². The van der Waals surface area contributed by atoms with Gasteiger partial charge in [0.2, 0.25) is 0 Å². The van der Waals surface area contributed by atoms with Crippen LogP contribution in [-0.2, 0) is 23.9 Å². The summed E-state index contributed by atoms with van der Waals surface area (Å²) in [6.07, 6.45) is 8.06. The van der Waals surface area contributed by atoms with E-state index in [0.29, 0.717) is 50.9 Å². The summed E-state index contributed by atoms with van der Waals surface area (Å²) in [5.41, 5.74) is 1.04. The Morgan fingerprint density at radius 1 is 0.884 bits per heavy atom. The first-order valence-corrected chi connectivity index (χ1v) is 16.3. The number of hydrogen-bond donors (Lipinski definition) is 4. The van der Waals surface area contributed by atoms with Crippen LogP contribution in [-0.4, -0.2) is 69.7 Å². The summed E-state index contributed by atoms with van der Waals surface area (Å²) in [6, 6.07) is 0. The lowest BCUT2D eigenvalue weighted by atomic mass is 9.91. The highest BCUT2D eigenvalue weighted by Gasteiger charge is 2.28. The number of carbonyl (C=O) groups is 4. The highest BCUT2D eigenvalue weighted by Crippen LogP contribution is 2.20. The molecule has 0 aromatic rings. The van der Waals surface area contributed by atoms with E-state index < -0.39 is 42.2 Å². The third-order valence-corrected chi connectivity index (χ3v) is 8.26. The number of ether oxygens (including phenoxy) is 1. The predicted molar refractivity (Wildman–Crippen MR) is 167 cm³/mol. The van der Waals surface area contributed by atoms with Gasteiger partial charge in [-0.3, -0.25) is 19.2 Å². The first kappa shape index (κ1) is 38.7. The van der Waals surface area contributed by atoms with Gasteiger partial charge in [0, 0.05) is 38.1 Å². The standard InChI is InChI=1S/C34H57NO8/c1-6-11-32-33(41)35-22-28(37)21-31(40)30(39)19-18-23(3)12-8-13-26(7-2)14-9-15-27(36)16-10-17-29(38)24(4)20-25(5)34(42)43-32/h8,12-13,24-26,28,30-32,37,39-40H,6-7,9-11,14-22H2,1-5H3,(H,35,41)/b13-8+,23-12-/t24-,25+,26+,28+,30-,31+,32?/m1/s1. The van der Waals surface area contributed by atoms with E-state index >= 15 is 0 Å². The van der Waals surface area contributed by atoms with Crippen LogP contribution >= 0.6 is 0 Å². The van der Waals surface area contributed by atoms with Crippen molar-refractivity contribution in [2.45, 2.75) is 143 Å². The molecule has 1 unspecified atom stereocenters. The van der Waals surface area contributed by atoms with E-state index in [-0.39, 0.29) is 43.3 Å². The summed E-state index contributed by atoms with van der Waals surface area (Å²) < 4.78 is 5.50. The maximum Gasteiger partial charge on any atom is 0.309 e. The van der Waals surface area contributed by atoms with Gasteiger partial charge in [-0.1, -0.05) is 57.9 Å². The van der Waals surface area contributed by atoms with Gasteiger partial charge in [0.1, 0.15) is 11.6 Å². The van der Waals surface area contributed by atoms with Crippen LogP contribution in [0.15, 0.2) is 23.8 Å². The van der Waals surface area contributed by atoms with E-state index in [2.05, 4.69) is 18.3 Å². The van der Waals surface area contributed by atoms with Gasteiger partial charge >= 0.3 is 5.97 Å². The van der Waals surface area contributed by atoms with E-state index in [1.165, 1.54) is 0 Å². The molecular weight excluding hydrogens is 550 g/mol. The zero-order chi connectivity index (χ0) is 32.4. The molecule has 1 aliphatic heterocycles. The van der Waals surface area contributed by atoms with E-state index in [9.17, 15) is 34.5 Å². The maximum absolute atomic E-state index is 12.8. The van der Waals surface area contributed by atoms with Gasteiger partial charge in [-0.15, -0.1) is 0 Å². The molecule has 0 radical (unpaired) electrons. The summed E-state index contributed by atoms with van der Waals surface area (Å²) >= 11 is 0. The fourth-order valence-corrected chi connectivity index (χ4v) is 5.23. The summed E-state index contributed by atoms with van der Waals surface area (Å²) in [6.45, 7) is 9.21. The zero-order valence-electron chi connectivity index (χ0n) is 27.1. The molecule has 9 nitrogen and oxygen atoms in total. The second-order valence-electron chi connectivity index (χ2n) is 12.4. The molecule has 0 saturated heterocycles. The third kappa shape index (κ3) is 16.3. The van der Waals surface area contributed by atoms with Gasteiger partial charge in [0.25, 0.3) is 5.91 Å². The molecule has 0 aromatic carbocycles. The molecule has 0 aromatic heterocycles. The molecule has 0 spiro atoms. The Morgan fingerprint density at radius 3 is 2.26 bits per heavy atom. The molecular formula is C34H57NO8. The molecule has 7 atom stereocenters. The fourth-order valence-electron chi connectivity index (χ4n) is 5.23. The smallest absolute Gasteiger partial charge is 0.309 e. The number of β-amino-alcohol motifs (C(OH)–C–C–N with tert-alkyl or cyclic N) is 1. The summed E-state index contributed by atoms with van der Waals surface area (Å²) in [4.78, 5) is 50.6. The molecule has 246 valence electrons. The van der Waals surface area contributed by atoms with Crippen LogP contribution in [0.2, 0.25) is 0 Å². The van der Waals surface area contributed by atoms with Crippen molar-refractivity contribution in [3.8, 4) is 0 Å². The Kier molecular flexibility index (Phi) is 19.2. The number of aliphatic hydroxyl groups is 3. The summed E-state index contributed by atoms with van der Waals surface area (Å²) in [7, 11) is 0. The molecule has 1 amide bonds. The van der Waals surface area contributed by atoms with Gasteiger partial charge in [-0.25, -0.2) is 0 Å². The largest absolute Gasteiger partial charge is 0.452 e. The number of esters is 1. The summed E-state index contributed by atoms with van der Waals surface area (Å²) in [5.74, 6) is -1.57. The Labute approximate surface area is 258 Å². The molecule has 1 aliphatic rings. The van der Waals surface area contributed by atoms with Crippen LogP contribution in [0.25, 0.3) is 0 Å². The molecule has 4 N–H and O–H groups in total. The SMILES string of the molecule is CCCC1OC(=O)[C@@H](C)C[C@@H](C)C(=O)CCCC(=O)CCC[C@@H](CC)/C=C/C=C(/C)CC[C@@H](O)[C@@H](O)C[C@H](O)CNC1=O. The minimum absolute atomic E-state index is 0.00397. The number of carbonyl (C=O) groups excluding carboxylic acids is 4. The molecule has 0 saturated carbocycles. The molecule has 0 fully saturated rings. The lowest BCUT2D eigenvalue weighted by Crippen LogP contribution is -2.43. The second kappa shape index (κ2) is 21.4. The number of amides is 1. The first-order chi connectivity index (χ1) is 20.4. The number of hydrogen-bond acceptors (Lipinski definition) is 8. The van der Waals surface area contributed by atoms with Crippen LogP contribution in [0, 0.1) is 17.8 Å². The minimum Gasteiger partial charge on any atom is -0.452 e. The number of nitrogens with one attached hydrogen (secondary N) is 1. The number of cyclic esters (lactones) is 1. The maximum atomic E-state index is 12.8. The highest BCUT2D eigenvalue weighted by atomic mass is 16.5. The lowest BCUT2D eigenvalue weighted by Gasteiger charge is -2.23. The van der Waals surface area contributed by atoms with Crippen molar-refractivity contribution in [3.63, 3.8) is 0 Å². The Bertz CT molecular complexity index is 929. The van der Waals surface area contributed by atoms with Gasteiger partial charge < -0.3 is 25.4 Å². The Morgan fingerprint density at radius 2 is 1.58 bits per heavy atom. The molecule has 0 bridgehead atoms. The highest BCUT2D eigenvalue weighted by molar-refractivity contribution is 5.85. The number of rotatable bonds is 3. The zero-order valence-corrected chi connectivity index (χ0v) is 27.1. The normalized spacial score (nSPS) is 33.3. The van der Waals surface area contributed by atoms with E-state index in [4.69, 9.17) is 4.74 Å². The van der Waals surface area contributed by atoms with E-state index in [0.717, 1.165) is 24.8 Å². The second-order valence-corrected chi connectivity index (χ2v) is 12.4. The van der Waals surface area contributed by atoms with Crippen LogP contribution in [0.4, 0.5) is 0 Å². The molecule has 9 heteroatoms. The topological polar surface area (TPSA) is 150 Å². The molecule has 0 aliphatic carbocycles. The van der Waals surface area contributed by atoms with Crippen LogP contribution in [0.3, 0.4) is 0 Å². The quantitative estimate of drug-likeness (QED) is 0.336. The van der Waals surface area contributed by atoms with Gasteiger partial charge in [-0.2, -0.15) is 0 Å². The van der Waals surface area contributed by atoms with Gasteiger partial charge in [-0.05, 0) is 64.2 Å². The molecule has 1 heterocycles. The first-order valence-electron chi connectivity index (χ1n) is 16.3. The molecule has 43 heavy (non-hydrogen) atoms. The average Bonchev–Trinajstić information content (AvgIpc) is 2.96. The Hall–Kier alpha value is -2.36. The Balaban J connectivity index is 2.94.